The van der Waals surface area contributed by atoms with Gasteiger partial charge in [-0.3, -0.25) is 9.59 Å². The summed E-state index contributed by atoms with van der Waals surface area (Å²) in [6.07, 6.45) is 0. The topological polar surface area (TPSA) is 76.4 Å². The summed E-state index contributed by atoms with van der Waals surface area (Å²) in [7, 11) is 0. The zero-order valence-electron chi connectivity index (χ0n) is 19.7. The van der Waals surface area contributed by atoms with Crippen LogP contribution >= 0.6 is 11.3 Å². The molecule has 180 valence electrons. The molecule has 0 fully saturated rings. The summed E-state index contributed by atoms with van der Waals surface area (Å²) < 4.78 is 12.9. The van der Waals surface area contributed by atoms with E-state index < -0.39 is 0 Å². The van der Waals surface area contributed by atoms with Crippen LogP contribution in [0, 0.1) is 11.3 Å². The van der Waals surface area contributed by atoms with E-state index in [1.165, 1.54) is 11.3 Å². The van der Waals surface area contributed by atoms with E-state index >= 15 is 0 Å². The van der Waals surface area contributed by atoms with Gasteiger partial charge < -0.3 is 9.47 Å². The Bertz CT molecular complexity index is 1620. The number of ketones is 2. The Kier molecular flexibility index (Phi) is 7.07. The van der Waals surface area contributed by atoms with Crippen molar-refractivity contribution in [1.82, 2.24) is 0 Å². The van der Waals surface area contributed by atoms with Crippen LogP contribution in [0.1, 0.15) is 36.7 Å². The highest BCUT2D eigenvalue weighted by Gasteiger charge is 2.23. The number of carbonyl (C=O) groups is 2. The molecule has 0 aliphatic carbocycles. The zero-order chi connectivity index (χ0) is 25.6. The van der Waals surface area contributed by atoms with Crippen LogP contribution in [0.25, 0.3) is 10.1 Å². The number of nitrogens with zero attached hydrogens (tertiary/aromatic N) is 1. The summed E-state index contributed by atoms with van der Waals surface area (Å²) in [6, 6.07) is 32.9. The molecule has 0 spiro atoms. The fourth-order valence-corrected chi connectivity index (χ4v) is 5.02. The highest BCUT2D eigenvalue weighted by molar-refractivity contribution is 7.21. The summed E-state index contributed by atoms with van der Waals surface area (Å²) in [5.41, 5.74) is 2.33. The van der Waals surface area contributed by atoms with Crippen molar-refractivity contribution in [2.24, 2.45) is 0 Å². The predicted molar refractivity (Wildman–Crippen MR) is 143 cm³/mol. The zero-order valence-corrected chi connectivity index (χ0v) is 20.5. The van der Waals surface area contributed by atoms with Crippen molar-refractivity contribution < 1.29 is 19.1 Å². The van der Waals surface area contributed by atoms with E-state index in [0.29, 0.717) is 39.7 Å². The molecule has 0 aliphatic heterocycles. The van der Waals surface area contributed by atoms with Crippen LogP contribution in [0.2, 0.25) is 0 Å². The Morgan fingerprint density at radius 1 is 0.784 bits per heavy atom. The number of carbonyl (C=O) groups excluding carboxylic acids is 2. The van der Waals surface area contributed by atoms with E-state index in [0.717, 1.165) is 15.6 Å². The van der Waals surface area contributed by atoms with Crippen molar-refractivity contribution in [3.63, 3.8) is 0 Å². The lowest BCUT2D eigenvalue weighted by Crippen LogP contribution is -2.14. The fraction of sp³-hybridized carbons (Fsp3) is 0.0645. The highest BCUT2D eigenvalue weighted by atomic mass is 32.1. The minimum Gasteiger partial charge on any atom is -0.488 e. The molecule has 0 aliphatic rings. The highest BCUT2D eigenvalue weighted by Crippen LogP contribution is 2.39. The molecule has 5 aromatic rings. The first kappa shape index (κ1) is 24.0. The predicted octanol–water partition coefficient (Wildman–Crippen LogP) is 6.84. The van der Waals surface area contributed by atoms with Crippen molar-refractivity contribution in [2.75, 3.05) is 6.61 Å². The Morgan fingerprint density at radius 2 is 1.49 bits per heavy atom. The summed E-state index contributed by atoms with van der Waals surface area (Å²) in [6.45, 7) is 0.0878. The number of benzene rings is 4. The maximum Gasteiger partial charge on any atom is 0.206 e. The van der Waals surface area contributed by atoms with E-state index in [4.69, 9.17) is 14.7 Å². The second-order valence-corrected chi connectivity index (χ2v) is 9.31. The molecule has 0 atom stereocenters. The van der Waals surface area contributed by atoms with Crippen molar-refractivity contribution >= 4 is 33.0 Å². The number of ether oxygens (including phenoxy) is 2. The van der Waals surface area contributed by atoms with Crippen LogP contribution in [0.5, 0.6) is 11.5 Å². The largest absolute Gasteiger partial charge is 0.488 e. The molecule has 0 saturated heterocycles. The van der Waals surface area contributed by atoms with E-state index in [9.17, 15) is 9.59 Å². The Hall–Kier alpha value is -4.73. The first-order chi connectivity index (χ1) is 18.1. The van der Waals surface area contributed by atoms with Gasteiger partial charge in [0.2, 0.25) is 11.6 Å². The van der Waals surface area contributed by atoms with Gasteiger partial charge in [0.05, 0.1) is 17.2 Å². The third-order valence-electron chi connectivity index (χ3n) is 5.80. The maximum atomic E-state index is 13.4. The summed E-state index contributed by atoms with van der Waals surface area (Å²) in [4.78, 5) is 27.0. The Morgan fingerprint density at radius 3 is 2.27 bits per heavy atom. The van der Waals surface area contributed by atoms with E-state index in [-0.39, 0.29) is 18.2 Å². The van der Waals surface area contributed by atoms with Gasteiger partial charge in [-0.05, 0) is 54.1 Å². The van der Waals surface area contributed by atoms with Crippen molar-refractivity contribution in [1.29, 1.82) is 5.26 Å². The lowest BCUT2D eigenvalue weighted by Gasteiger charge is -2.12. The smallest absolute Gasteiger partial charge is 0.206 e. The number of fused-ring (bicyclic) bond motifs is 1. The number of thiophene rings is 1. The molecule has 0 amide bonds. The van der Waals surface area contributed by atoms with Crippen LogP contribution in [0.3, 0.4) is 0 Å². The number of hydrogen-bond acceptors (Lipinski definition) is 6. The molecule has 37 heavy (non-hydrogen) atoms. The quantitative estimate of drug-likeness (QED) is 0.206. The standard InChI is InChI=1S/C31H21NO4S/c32-18-21-14-16-23(17-15-21)29(34)31-30(25-11-5-7-13-28(25)37-31)36-20-26(33)24-10-4-6-12-27(24)35-19-22-8-2-1-3-9-22/h1-17H,19-20H2. The van der Waals surface area contributed by atoms with Crippen LogP contribution in [-0.2, 0) is 6.61 Å². The van der Waals surface area contributed by atoms with Crippen LogP contribution < -0.4 is 9.47 Å². The van der Waals surface area contributed by atoms with Gasteiger partial charge in [-0.25, -0.2) is 0 Å². The molecule has 6 heteroatoms. The number of para-hydroxylation sites is 1. The van der Waals surface area contributed by atoms with Gasteiger partial charge in [0.25, 0.3) is 0 Å². The normalized spacial score (nSPS) is 10.6. The second kappa shape index (κ2) is 10.9. The minimum atomic E-state index is -0.254. The average molecular weight is 504 g/mol. The molecule has 0 unspecified atom stereocenters. The van der Waals surface area contributed by atoms with E-state index in [2.05, 4.69) is 6.07 Å². The van der Waals surface area contributed by atoms with Gasteiger partial charge in [-0.15, -0.1) is 11.3 Å². The molecule has 0 saturated carbocycles. The molecule has 4 aromatic carbocycles. The van der Waals surface area contributed by atoms with Gasteiger partial charge in [0.15, 0.2) is 6.61 Å². The summed E-state index contributed by atoms with van der Waals surface area (Å²) in [5.74, 6) is 0.380. The SMILES string of the molecule is N#Cc1ccc(C(=O)c2sc3ccccc3c2OCC(=O)c2ccccc2OCc2ccccc2)cc1. The number of hydrogen-bond donors (Lipinski definition) is 0. The van der Waals surface area contributed by atoms with Gasteiger partial charge in [-0.1, -0.05) is 54.6 Å². The van der Waals surface area contributed by atoms with Crippen molar-refractivity contribution in [3.8, 4) is 17.6 Å². The van der Waals surface area contributed by atoms with Crippen molar-refractivity contribution in [2.45, 2.75) is 6.61 Å². The monoisotopic (exact) mass is 503 g/mol. The molecule has 1 aromatic heterocycles. The third kappa shape index (κ3) is 5.27. The van der Waals surface area contributed by atoms with Gasteiger partial charge >= 0.3 is 0 Å². The molecule has 0 radical (unpaired) electrons. The molecule has 5 nitrogen and oxygen atoms in total. The summed E-state index contributed by atoms with van der Waals surface area (Å²) >= 11 is 1.32. The first-order valence-corrected chi connectivity index (χ1v) is 12.4. The Balaban J connectivity index is 1.39. The lowest BCUT2D eigenvalue weighted by molar-refractivity contribution is 0.0913. The first-order valence-electron chi connectivity index (χ1n) is 11.6. The molecule has 1 heterocycles. The average Bonchev–Trinajstić information content (AvgIpc) is 3.33. The molecule has 0 bridgehead atoms. The molecule has 0 N–H and O–H groups in total. The van der Waals surface area contributed by atoms with Gasteiger partial charge in [0.1, 0.15) is 23.0 Å². The maximum absolute atomic E-state index is 13.4. The molecular weight excluding hydrogens is 482 g/mol. The fourth-order valence-electron chi connectivity index (χ4n) is 3.92. The number of nitriles is 1. The number of Topliss-reactive ketones (excluding diaryl/α,β-unsaturated/α-hetero) is 1. The van der Waals surface area contributed by atoms with Crippen LogP contribution in [-0.4, -0.2) is 18.2 Å². The third-order valence-corrected chi connectivity index (χ3v) is 6.96. The molecule has 5 rings (SSSR count). The molecular formula is C31H21NO4S. The van der Waals surface area contributed by atoms with Crippen LogP contribution in [0.4, 0.5) is 0 Å². The van der Waals surface area contributed by atoms with Gasteiger partial charge in [-0.2, -0.15) is 5.26 Å². The van der Waals surface area contributed by atoms with Crippen LogP contribution in [0.15, 0.2) is 103 Å². The second-order valence-electron chi connectivity index (χ2n) is 8.26. The summed E-state index contributed by atoms with van der Waals surface area (Å²) in [5, 5.41) is 9.83. The van der Waals surface area contributed by atoms with Gasteiger partial charge in [0, 0.05) is 15.6 Å². The lowest BCUT2D eigenvalue weighted by atomic mass is 10.1. The van der Waals surface area contributed by atoms with E-state index in [1.807, 2.05) is 60.7 Å². The minimum absolute atomic E-state index is 0.222. The van der Waals surface area contributed by atoms with Crippen molar-refractivity contribution in [3.05, 3.63) is 130 Å². The van der Waals surface area contributed by atoms with E-state index in [1.54, 1.807) is 42.5 Å². The Labute approximate surface area is 218 Å². The number of rotatable bonds is 9.